The fourth-order valence-corrected chi connectivity index (χ4v) is 5.03. The van der Waals surface area contributed by atoms with Crippen LogP contribution in [-0.2, 0) is 10.0 Å². The molecule has 0 aliphatic heterocycles. The highest BCUT2D eigenvalue weighted by Crippen LogP contribution is 2.30. The molecule has 3 aromatic rings. The number of alkyl halides is 1. The molecule has 162 valence electrons. The fraction of sp³-hybridized carbons (Fsp3) is 0.174. The smallest absolute Gasteiger partial charge is 0.241 e. The van der Waals surface area contributed by atoms with Gasteiger partial charge in [0.25, 0.3) is 0 Å². The molecule has 2 unspecified atom stereocenters. The Kier molecular flexibility index (Phi) is 7.25. The molecule has 0 fully saturated rings. The van der Waals surface area contributed by atoms with Crippen LogP contribution in [0.1, 0.15) is 26.3 Å². The quantitative estimate of drug-likeness (QED) is 0.352. The van der Waals surface area contributed by atoms with Gasteiger partial charge in [0.15, 0.2) is 5.78 Å². The Morgan fingerprint density at radius 3 is 2.10 bits per heavy atom. The summed E-state index contributed by atoms with van der Waals surface area (Å²) < 4.78 is 47.0. The number of hydrogen-bond donors (Lipinski definition) is 1. The van der Waals surface area contributed by atoms with Gasteiger partial charge < -0.3 is 4.74 Å². The Labute approximate surface area is 189 Å². The molecular formula is C23H21BrFNO4S. The first kappa shape index (κ1) is 23.1. The van der Waals surface area contributed by atoms with Crippen molar-refractivity contribution in [3.05, 3.63) is 95.3 Å². The number of halogens is 2. The van der Waals surface area contributed by atoms with Crippen molar-refractivity contribution in [3.63, 3.8) is 0 Å². The van der Waals surface area contributed by atoms with Gasteiger partial charge in [-0.2, -0.15) is 4.72 Å². The minimum atomic E-state index is -4.00. The fourth-order valence-electron chi connectivity index (χ4n) is 2.97. The maximum atomic E-state index is 13.4. The second kappa shape index (κ2) is 9.72. The van der Waals surface area contributed by atoms with E-state index in [0.29, 0.717) is 16.9 Å². The lowest BCUT2D eigenvalue weighted by molar-refractivity contribution is 0.0952. The molecule has 8 heteroatoms. The third-order valence-corrected chi connectivity index (χ3v) is 7.27. The van der Waals surface area contributed by atoms with Crippen LogP contribution < -0.4 is 9.46 Å². The molecule has 5 nitrogen and oxygen atoms in total. The van der Waals surface area contributed by atoms with Crippen LogP contribution in [0.3, 0.4) is 0 Å². The number of hydrogen-bond acceptors (Lipinski definition) is 4. The van der Waals surface area contributed by atoms with E-state index >= 15 is 0 Å². The van der Waals surface area contributed by atoms with E-state index in [1.807, 2.05) is 6.92 Å². The van der Waals surface area contributed by atoms with Crippen LogP contribution in [0.4, 0.5) is 4.39 Å². The molecule has 0 aromatic heterocycles. The molecule has 0 bridgehead atoms. The second-order valence-corrected chi connectivity index (χ2v) is 9.66. The summed E-state index contributed by atoms with van der Waals surface area (Å²) in [5, 5.41) is 0. The van der Waals surface area contributed by atoms with Crippen molar-refractivity contribution in [1.82, 2.24) is 4.72 Å². The molecule has 0 saturated heterocycles. The van der Waals surface area contributed by atoms with Gasteiger partial charge >= 0.3 is 0 Å². The Balaban J connectivity index is 1.99. The molecule has 0 spiro atoms. The highest BCUT2D eigenvalue weighted by Gasteiger charge is 2.33. The standard InChI is InChI=1S/C23H21BrFNO4S/c1-15-3-13-20(14-4-15)31(28,29)26-22(21(24)16-5-9-18(25)10-6-16)23(27)17-7-11-19(30-2)12-8-17/h3-14,21-22,26H,1-2H3. The number of rotatable bonds is 8. The molecule has 0 aliphatic carbocycles. The summed E-state index contributed by atoms with van der Waals surface area (Å²) in [5.41, 5.74) is 1.78. The third kappa shape index (κ3) is 5.58. The lowest BCUT2D eigenvalue weighted by Gasteiger charge is -2.23. The van der Waals surface area contributed by atoms with Gasteiger partial charge in [-0.15, -0.1) is 0 Å². The van der Waals surface area contributed by atoms with Gasteiger partial charge in [0, 0.05) is 5.56 Å². The zero-order chi connectivity index (χ0) is 22.6. The van der Waals surface area contributed by atoms with E-state index in [9.17, 15) is 17.6 Å². The Morgan fingerprint density at radius 1 is 0.968 bits per heavy atom. The van der Waals surface area contributed by atoms with Crippen molar-refractivity contribution in [2.75, 3.05) is 7.11 Å². The summed E-state index contributed by atoms with van der Waals surface area (Å²) >= 11 is 3.44. The van der Waals surface area contributed by atoms with Gasteiger partial charge in [-0.05, 0) is 61.0 Å². The second-order valence-electron chi connectivity index (χ2n) is 6.96. The number of ketones is 1. The van der Waals surface area contributed by atoms with Gasteiger partial charge in [-0.1, -0.05) is 45.8 Å². The number of aryl methyl sites for hydroxylation is 1. The van der Waals surface area contributed by atoms with Crippen LogP contribution in [0.5, 0.6) is 5.75 Å². The van der Waals surface area contributed by atoms with Crippen LogP contribution in [0.15, 0.2) is 77.7 Å². The van der Waals surface area contributed by atoms with Crippen LogP contribution in [-0.4, -0.2) is 27.4 Å². The van der Waals surface area contributed by atoms with E-state index in [1.54, 1.807) is 36.4 Å². The maximum Gasteiger partial charge on any atom is 0.241 e. The van der Waals surface area contributed by atoms with Crippen molar-refractivity contribution in [2.45, 2.75) is 22.7 Å². The molecule has 0 radical (unpaired) electrons. The Morgan fingerprint density at radius 2 is 1.55 bits per heavy atom. The number of sulfonamides is 1. The summed E-state index contributed by atoms with van der Waals surface area (Å²) in [7, 11) is -2.49. The molecule has 3 rings (SSSR count). The van der Waals surface area contributed by atoms with E-state index < -0.39 is 32.5 Å². The van der Waals surface area contributed by atoms with E-state index in [4.69, 9.17) is 4.74 Å². The van der Waals surface area contributed by atoms with E-state index in [1.165, 1.54) is 43.5 Å². The summed E-state index contributed by atoms with van der Waals surface area (Å²) in [6.45, 7) is 1.85. The zero-order valence-corrected chi connectivity index (χ0v) is 19.3. The van der Waals surface area contributed by atoms with Gasteiger partial charge in [-0.3, -0.25) is 4.79 Å². The molecule has 3 aromatic carbocycles. The summed E-state index contributed by atoms with van der Waals surface area (Å²) in [5.74, 6) is -0.298. The van der Waals surface area contributed by atoms with E-state index in [-0.39, 0.29) is 4.90 Å². The molecule has 0 amide bonds. The van der Waals surface area contributed by atoms with E-state index in [0.717, 1.165) is 5.56 Å². The van der Waals surface area contributed by atoms with Crippen LogP contribution in [0.2, 0.25) is 0 Å². The first-order chi connectivity index (χ1) is 14.7. The first-order valence-corrected chi connectivity index (χ1v) is 11.8. The largest absolute Gasteiger partial charge is 0.497 e. The number of Topliss-reactive ketones (excluding diaryl/α,β-unsaturated/α-hetero) is 1. The monoisotopic (exact) mass is 505 g/mol. The topological polar surface area (TPSA) is 72.5 Å². The molecular weight excluding hydrogens is 485 g/mol. The molecule has 2 atom stereocenters. The number of nitrogens with one attached hydrogen (secondary N) is 1. The Bertz CT molecular complexity index is 1150. The predicted octanol–water partition coefficient (Wildman–Crippen LogP) is 4.81. The first-order valence-electron chi connectivity index (χ1n) is 9.38. The average molecular weight is 506 g/mol. The predicted molar refractivity (Wildman–Crippen MR) is 121 cm³/mol. The number of methoxy groups -OCH3 is 1. The molecule has 0 aliphatic rings. The molecule has 31 heavy (non-hydrogen) atoms. The average Bonchev–Trinajstić information content (AvgIpc) is 2.77. The number of benzene rings is 3. The minimum Gasteiger partial charge on any atom is -0.497 e. The van der Waals surface area contributed by atoms with Crippen molar-refractivity contribution in [1.29, 1.82) is 0 Å². The highest BCUT2D eigenvalue weighted by molar-refractivity contribution is 9.09. The number of carbonyl (C=O) groups is 1. The van der Waals surface area contributed by atoms with Crippen LogP contribution in [0, 0.1) is 12.7 Å². The van der Waals surface area contributed by atoms with Gasteiger partial charge in [0.05, 0.1) is 16.8 Å². The minimum absolute atomic E-state index is 0.0458. The SMILES string of the molecule is COc1ccc(C(=O)C(NS(=O)(=O)c2ccc(C)cc2)C(Br)c2ccc(F)cc2)cc1. The van der Waals surface area contributed by atoms with Gasteiger partial charge in [0.1, 0.15) is 17.6 Å². The molecule has 1 N–H and O–H groups in total. The summed E-state index contributed by atoms with van der Waals surface area (Å²) in [6.07, 6.45) is 0. The summed E-state index contributed by atoms with van der Waals surface area (Å²) in [4.78, 5) is 12.6. The Hall–Kier alpha value is -2.55. The van der Waals surface area contributed by atoms with Crippen LogP contribution >= 0.6 is 15.9 Å². The molecule has 0 heterocycles. The lowest BCUT2D eigenvalue weighted by atomic mass is 9.98. The number of carbonyl (C=O) groups excluding carboxylic acids is 1. The van der Waals surface area contributed by atoms with Crippen LogP contribution in [0.25, 0.3) is 0 Å². The third-order valence-electron chi connectivity index (χ3n) is 4.75. The lowest BCUT2D eigenvalue weighted by Crippen LogP contribution is -2.43. The normalized spacial score (nSPS) is 13.4. The van der Waals surface area contributed by atoms with E-state index in [2.05, 4.69) is 20.7 Å². The van der Waals surface area contributed by atoms with Crippen molar-refractivity contribution in [3.8, 4) is 5.75 Å². The number of ether oxygens (including phenoxy) is 1. The highest BCUT2D eigenvalue weighted by atomic mass is 79.9. The van der Waals surface area contributed by atoms with Crippen molar-refractivity contribution in [2.24, 2.45) is 0 Å². The molecule has 0 saturated carbocycles. The maximum absolute atomic E-state index is 13.4. The zero-order valence-electron chi connectivity index (χ0n) is 16.9. The van der Waals surface area contributed by atoms with Crippen molar-refractivity contribution < 1.29 is 22.3 Å². The summed E-state index contributed by atoms with van der Waals surface area (Å²) in [6, 6.07) is 17.1. The van der Waals surface area contributed by atoms with Gasteiger partial charge in [0.2, 0.25) is 10.0 Å². The van der Waals surface area contributed by atoms with Gasteiger partial charge in [-0.25, -0.2) is 12.8 Å². The van der Waals surface area contributed by atoms with Crippen molar-refractivity contribution >= 4 is 31.7 Å².